The number of rotatable bonds is 5. The summed E-state index contributed by atoms with van der Waals surface area (Å²) in [5.41, 5.74) is -0.153. The van der Waals surface area contributed by atoms with Gasteiger partial charge in [0.15, 0.2) is 6.61 Å². The Morgan fingerprint density at radius 1 is 1.12 bits per heavy atom. The molecule has 0 bridgehead atoms. The van der Waals surface area contributed by atoms with E-state index in [1.54, 1.807) is 51.1 Å². The summed E-state index contributed by atoms with van der Waals surface area (Å²) in [6, 6.07) is 7.25. The standard InChI is InChI=1S/C16H20F3NO4/c1-15(2,3)24-14(22)20-12(9-11-7-5-4-6-8-11)13(21)23-10-16(17,18)19/h4-8,12H,9-10H2,1-3H3,(H,20,22)/t12-/m1/s1. The van der Waals surface area contributed by atoms with Crippen LogP contribution in [0.1, 0.15) is 26.3 Å². The maximum atomic E-state index is 12.2. The Bertz CT molecular complexity index is 553. The molecule has 0 aliphatic rings. The lowest BCUT2D eigenvalue weighted by Crippen LogP contribution is -2.46. The number of benzene rings is 1. The van der Waals surface area contributed by atoms with Crippen LogP contribution in [-0.4, -0.2) is 36.5 Å². The predicted molar refractivity (Wildman–Crippen MR) is 80.3 cm³/mol. The molecule has 0 saturated heterocycles. The molecule has 1 rings (SSSR count). The van der Waals surface area contributed by atoms with Gasteiger partial charge < -0.3 is 14.8 Å². The number of carbonyl (C=O) groups excluding carboxylic acids is 2. The SMILES string of the molecule is CC(C)(C)OC(=O)N[C@H](Cc1ccccc1)C(=O)OCC(F)(F)F. The number of carbonyl (C=O) groups is 2. The Balaban J connectivity index is 2.78. The Morgan fingerprint density at radius 2 is 1.71 bits per heavy atom. The molecule has 0 fully saturated rings. The molecular formula is C16H20F3NO4. The van der Waals surface area contributed by atoms with Crippen LogP contribution in [-0.2, 0) is 20.7 Å². The van der Waals surface area contributed by atoms with Gasteiger partial charge >= 0.3 is 18.2 Å². The summed E-state index contributed by atoms with van der Waals surface area (Å²) in [7, 11) is 0. The lowest BCUT2D eigenvalue weighted by Gasteiger charge is -2.23. The number of amides is 1. The minimum Gasteiger partial charge on any atom is -0.454 e. The van der Waals surface area contributed by atoms with Crippen LogP contribution in [0.5, 0.6) is 0 Å². The van der Waals surface area contributed by atoms with Gasteiger partial charge in [0.05, 0.1) is 0 Å². The van der Waals surface area contributed by atoms with E-state index in [4.69, 9.17) is 4.74 Å². The Morgan fingerprint density at radius 3 is 2.21 bits per heavy atom. The topological polar surface area (TPSA) is 64.6 Å². The van der Waals surface area contributed by atoms with Crippen LogP contribution in [0.25, 0.3) is 0 Å². The van der Waals surface area contributed by atoms with Crippen molar-refractivity contribution in [3.8, 4) is 0 Å². The Hall–Kier alpha value is -2.25. The van der Waals surface area contributed by atoms with Crippen LogP contribution >= 0.6 is 0 Å². The van der Waals surface area contributed by atoms with Crippen molar-refractivity contribution in [3.05, 3.63) is 35.9 Å². The summed E-state index contributed by atoms with van der Waals surface area (Å²) in [5, 5.41) is 2.26. The van der Waals surface area contributed by atoms with Crippen LogP contribution in [0.3, 0.4) is 0 Å². The minimum atomic E-state index is -4.64. The Kier molecular flexibility index (Phi) is 6.62. The van der Waals surface area contributed by atoms with Gasteiger partial charge in [-0.25, -0.2) is 9.59 Å². The zero-order valence-corrected chi connectivity index (χ0v) is 13.6. The molecule has 0 heterocycles. The number of alkyl carbamates (subject to hydrolysis) is 1. The van der Waals surface area contributed by atoms with E-state index in [1.807, 2.05) is 0 Å². The average Bonchev–Trinajstić information content (AvgIpc) is 2.42. The molecule has 134 valence electrons. The van der Waals surface area contributed by atoms with Gasteiger partial charge in [-0.05, 0) is 26.3 Å². The maximum absolute atomic E-state index is 12.2. The van der Waals surface area contributed by atoms with Crippen LogP contribution in [0, 0.1) is 0 Å². The lowest BCUT2D eigenvalue weighted by atomic mass is 10.1. The van der Waals surface area contributed by atoms with Gasteiger partial charge in [0.25, 0.3) is 0 Å². The zero-order valence-electron chi connectivity index (χ0n) is 13.6. The first kappa shape index (κ1) is 19.8. The first-order valence-corrected chi connectivity index (χ1v) is 7.23. The summed E-state index contributed by atoms with van der Waals surface area (Å²) >= 11 is 0. The molecule has 1 N–H and O–H groups in total. The summed E-state index contributed by atoms with van der Waals surface area (Å²) < 4.78 is 45.9. The highest BCUT2D eigenvalue weighted by Crippen LogP contribution is 2.15. The fraction of sp³-hybridized carbons (Fsp3) is 0.500. The van der Waals surface area contributed by atoms with Crippen molar-refractivity contribution in [1.82, 2.24) is 5.32 Å². The quantitative estimate of drug-likeness (QED) is 0.831. The van der Waals surface area contributed by atoms with Crippen molar-refractivity contribution in [3.63, 3.8) is 0 Å². The summed E-state index contributed by atoms with van der Waals surface area (Å²) in [6.45, 7) is 3.16. The molecular weight excluding hydrogens is 327 g/mol. The van der Waals surface area contributed by atoms with E-state index < -0.39 is 36.5 Å². The van der Waals surface area contributed by atoms with Gasteiger partial charge in [-0.15, -0.1) is 0 Å². The van der Waals surface area contributed by atoms with E-state index in [-0.39, 0.29) is 6.42 Å². The van der Waals surface area contributed by atoms with Gasteiger partial charge in [-0.1, -0.05) is 30.3 Å². The maximum Gasteiger partial charge on any atom is 0.422 e. The predicted octanol–water partition coefficient (Wildman–Crippen LogP) is 3.23. The molecule has 0 spiro atoms. The van der Waals surface area contributed by atoms with Crippen molar-refractivity contribution in [2.45, 2.75) is 45.0 Å². The molecule has 0 unspecified atom stereocenters. The van der Waals surface area contributed by atoms with Crippen molar-refractivity contribution in [2.24, 2.45) is 0 Å². The van der Waals surface area contributed by atoms with Crippen LogP contribution in [0.15, 0.2) is 30.3 Å². The highest BCUT2D eigenvalue weighted by atomic mass is 19.4. The largest absolute Gasteiger partial charge is 0.454 e. The Labute approximate surface area is 138 Å². The smallest absolute Gasteiger partial charge is 0.422 e. The molecule has 1 amide bonds. The van der Waals surface area contributed by atoms with Crippen LogP contribution in [0.4, 0.5) is 18.0 Å². The molecule has 1 atom stereocenters. The summed E-state index contributed by atoms with van der Waals surface area (Å²) in [6.07, 6.45) is -5.57. The van der Waals surface area contributed by atoms with E-state index in [9.17, 15) is 22.8 Å². The molecule has 5 nitrogen and oxygen atoms in total. The molecule has 0 aromatic heterocycles. The molecule has 24 heavy (non-hydrogen) atoms. The molecule has 1 aromatic carbocycles. The van der Waals surface area contributed by atoms with Crippen LogP contribution < -0.4 is 5.32 Å². The molecule has 0 aliphatic heterocycles. The van der Waals surface area contributed by atoms with Gasteiger partial charge in [0, 0.05) is 6.42 Å². The van der Waals surface area contributed by atoms with Gasteiger partial charge in [0.2, 0.25) is 0 Å². The second-order valence-electron chi connectivity index (χ2n) is 6.11. The second-order valence-corrected chi connectivity index (χ2v) is 6.11. The number of halogens is 3. The average molecular weight is 347 g/mol. The normalized spacial score (nSPS) is 13.1. The lowest BCUT2D eigenvalue weighted by molar-refractivity contribution is -0.187. The van der Waals surface area contributed by atoms with E-state index in [0.717, 1.165) is 0 Å². The number of hydrogen-bond acceptors (Lipinski definition) is 4. The number of alkyl halides is 3. The second kappa shape index (κ2) is 8.03. The third-order valence-corrected chi connectivity index (χ3v) is 2.64. The fourth-order valence-corrected chi connectivity index (χ4v) is 1.75. The molecule has 0 aliphatic carbocycles. The molecule has 0 radical (unpaired) electrons. The molecule has 1 aromatic rings. The van der Waals surface area contributed by atoms with E-state index in [1.165, 1.54) is 0 Å². The van der Waals surface area contributed by atoms with Crippen molar-refractivity contribution >= 4 is 12.1 Å². The zero-order chi connectivity index (χ0) is 18.4. The summed E-state index contributed by atoms with van der Waals surface area (Å²) in [4.78, 5) is 23.7. The fourth-order valence-electron chi connectivity index (χ4n) is 1.75. The van der Waals surface area contributed by atoms with Crippen molar-refractivity contribution in [2.75, 3.05) is 6.61 Å². The van der Waals surface area contributed by atoms with Crippen molar-refractivity contribution in [1.29, 1.82) is 0 Å². The van der Waals surface area contributed by atoms with Gasteiger partial charge in [-0.3, -0.25) is 0 Å². The van der Waals surface area contributed by atoms with Gasteiger partial charge in [0.1, 0.15) is 11.6 Å². The third-order valence-electron chi connectivity index (χ3n) is 2.64. The van der Waals surface area contributed by atoms with Crippen molar-refractivity contribution < 1.29 is 32.2 Å². The number of ether oxygens (including phenoxy) is 2. The van der Waals surface area contributed by atoms with E-state index >= 15 is 0 Å². The van der Waals surface area contributed by atoms with Crippen LogP contribution in [0.2, 0.25) is 0 Å². The first-order valence-electron chi connectivity index (χ1n) is 7.23. The summed E-state index contributed by atoms with van der Waals surface area (Å²) in [5.74, 6) is -1.18. The van der Waals surface area contributed by atoms with Gasteiger partial charge in [-0.2, -0.15) is 13.2 Å². The third kappa shape index (κ3) is 8.40. The van der Waals surface area contributed by atoms with E-state index in [2.05, 4.69) is 10.1 Å². The monoisotopic (exact) mass is 347 g/mol. The highest BCUT2D eigenvalue weighted by Gasteiger charge is 2.32. The first-order chi connectivity index (χ1) is 11.0. The molecule has 8 heteroatoms. The number of nitrogens with one attached hydrogen (secondary N) is 1. The van der Waals surface area contributed by atoms with E-state index in [0.29, 0.717) is 5.56 Å². The highest BCUT2D eigenvalue weighted by molar-refractivity contribution is 5.81. The minimum absolute atomic E-state index is 0.0171. The molecule has 0 saturated carbocycles. The number of esters is 1. The number of hydrogen-bond donors (Lipinski definition) is 1.